The van der Waals surface area contributed by atoms with Crippen LogP contribution in [-0.2, 0) is 0 Å². The number of hydrogen-bond donors (Lipinski definition) is 1. The molecule has 2 N–H and O–H groups in total. The number of carbonyl (C=O) groups excluding carboxylic acids is 1. The third-order valence-electron chi connectivity index (χ3n) is 4.31. The zero-order valence-corrected chi connectivity index (χ0v) is 15.9. The molecule has 3 rings (SSSR count). The van der Waals surface area contributed by atoms with E-state index < -0.39 is 11.6 Å². The number of aryl methyl sites for hydroxylation is 1. The number of amides is 1. The van der Waals surface area contributed by atoms with Crippen molar-refractivity contribution in [2.75, 3.05) is 36.8 Å². The lowest BCUT2D eigenvalue weighted by atomic mass is 10.1. The maximum absolute atomic E-state index is 13.9. The van der Waals surface area contributed by atoms with Crippen molar-refractivity contribution in [1.29, 1.82) is 0 Å². The summed E-state index contributed by atoms with van der Waals surface area (Å²) in [6, 6.07) is 8.67. The van der Waals surface area contributed by atoms with Gasteiger partial charge in [-0.2, -0.15) is 0 Å². The van der Waals surface area contributed by atoms with Crippen LogP contribution >= 0.6 is 24.8 Å². The van der Waals surface area contributed by atoms with E-state index in [-0.39, 0.29) is 36.4 Å². The Morgan fingerprint density at radius 1 is 1.00 bits per heavy atom. The first kappa shape index (κ1) is 22.0. The molecule has 8 heteroatoms. The highest BCUT2D eigenvalue weighted by molar-refractivity contribution is 5.96. The van der Waals surface area contributed by atoms with Crippen LogP contribution in [0.2, 0.25) is 0 Å². The van der Waals surface area contributed by atoms with Crippen molar-refractivity contribution >= 4 is 42.1 Å². The largest absolute Gasteiger partial charge is 0.399 e. The Morgan fingerprint density at radius 3 is 2.31 bits per heavy atom. The highest BCUT2D eigenvalue weighted by Gasteiger charge is 2.24. The molecule has 2 aromatic carbocycles. The number of benzene rings is 2. The first-order valence-electron chi connectivity index (χ1n) is 7.81. The van der Waals surface area contributed by atoms with Crippen molar-refractivity contribution in [3.63, 3.8) is 0 Å². The zero-order valence-electron chi connectivity index (χ0n) is 14.2. The van der Waals surface area contributed by atoms with Gasteiger partial charge in [0, 0.05) is 43.5 Å². The van der Waals surface area contributed by atoms with Crippen LogP contribution in [0.25, 0.3) is 0 Å². The average Bonchev–Trinajstić information content (AvgIpc) is 2.59. The molecule has 1 aliphatic heterocycles. The topological polar surface area (TPSA) is 49.6 Å². The van der Waals surface area contributed by atoms with Crippen molar-refractivity contribution in [2.24, 2.45) is 0 Å². The molecule has 1 heterocycles. The molecule has 1 aliphatic rings. The second kappa shape index (κ2) is 9.05. The Bertz CT molecular complexity index is 781. The van der Waals surface area contributed by atoms with E-state index in [1.807, 2.05) is 13.0 Å². The zero-order chi connectivity index (χ0) is 17.3. The number of hydrogen-bond acceptors (Lipinski definition) is 3. The maximum atomic E-state index is 13.9. The van der Waals surface area contributed by atoms with E-state index in [9.17, 15) is 13.6 Å². The number of nitrogens with zero attached hydrogens (tertiary/aromatic N) is 2. The molecule has 1 saturated heterocycles. The summed E-state index contributed by atoms with van der Waals surface area (Å²) in [6.45, 7) is 3.66. The predicted octanol–water partition coefficient (Wildman–Crippen LogP) is 3.66. The smallest absolute Gasteiger partial charge is 0.254 e. The summed E-state index contributed by atoms with van der Waals surface area (Å²) < 4.78 is 27.2. The lowest BCUT2D eigenvalue weighted by Gasteiger charge is -2.36. The van der Waals surface area contributed by atoms with E-state index in [2.05, 4.69) is 0 Å². The molecule has 0 aliphatic carbocycles. The number of halogens is 4. The van der Waals surface area contributed by atoms with Crippen LogP contribution in [0.15, 0.2) is 36.4 Å². The van der Waals surface area contributed by atoms with Crippen molar-refractivity contribution in [3.05, 3.63) is 59.2 Å². The average molecular weight is 404 g/mol. The van der Waals surface area contributed by atoms with Gasteiger partial charge in [-0.25, -0.2) is 8.78 Å². The molecular formula is C18H21Cl2F2N3O. The molecule has 0 aromatic heterocycles. The molecule has 0 radical (unpaired) electrons. The van der Waals surface area contributed by atoms with Crippen molar-refractivity contribution in [1.82, 2.24) is 4.90 Å². The van der Waals surface area contributed by atoms with Gasteiger partial charge in [0.25, 0.3) is 5.91 Å². The SMILES string of the molecule is Cc1ccc(N)cc1C(=O)N1CCN(c2cc(F)ccc2F)CC1.Cl.Cl. The summed E-state index contributed by atoms with van der Waals surface area (Å²) in [6.07, 6.45) is 0. The van der Waals surface area contributed by atoms with Gasteiger partial charge in [0.2, 0.25) is 0 Å². The van der Waals surface area contributed by atoms with E-state index in [1.54, 1.807) is 21.9 Å². The second-order valence-electron chi connectivity index (χ2n) is 5.95. The molecule has 0 atom stereocenters. The van der Waals surface area contributed by atoms with Crippen LogP contribution < -0.4 is 10.6 Å². The minimum absolute atomic E-state index is 0. The molecule has 2 aromatic rings. The molecule has 26 heavy (non-hydrogen) atoms. The number of anilines is 2. The van der Waals surface area contributed by atoms with Crippen LogP contribution in [-0.4, -0.2) is 37.0 Å². The van der Waals surface area contributed by atoms with Crippen molar-refractivity contribution < 1.29 is 13.6 Å². The molecule has 1 amide bonds. The van der Waals surface area contributed by atoms with E-state index in [0.29, 0.717) is 37.4 Å². The first-order chi connectivity index (χ1) is 11.5. The second-order valence-corrected chi connectivity index (χ2v) is 5.95. The Labute approximate surface area is 163 Å². The van der Waals surface area contributed by atoms with Crippen LogP contribution in [0.4, 0.5) is 20.2 Å². The highest BCUT2D eigenvalue weighted by atomic mass is 35.5. The number of nitrogen functional groups attached to an aromatic ring is 1. The fraction of sp³-hybridized carbons (Fsp3) is 0.278. The molecule has 4 nitrogen and oxygen atoms in total. The maximum Gasteiger partial charge on any atom is 0.254 e. The van der Waals surface area contributed by atoms with Gasteiger partial charge in [0.1, 0.15) is 11.6 Å². The van der Waals surface area contributed by atoms with Crippen LogP contribution in [0.1, 0.15) is 15.9 Å². The van der Waals surface area contributed by atoms with Crippen molar-refractivity contribution in [2.45, 2.75) is 6.92 Å². The number of piperazine rings is 1. The van der Waals surface area contributed by atoms with Crippen LogP contribution in [0, 0.1) is 18.6 Å². The van der Waals surface area contributed by atoms with E-state index in [4.69, 9.17) is 5.73 Å². The minimum Gasteiger partial charge on any atom is -0.399 e. The van der Waals surface area contributed by atoms with Gasteiger partial charge in [-0.15, -0.1) is 24.8 Å². The Hall–Kier alpha value is -2.05. The predicted molar refractivity (Wildman–Crippen MR) is 105 cm³/mol. The summed E-state index contributed by atoms with van der Waals surface area (Å²) in [5.41, 5.74) is 8.00. The first-order valence-corrected chi connectivity index (χ1v) is 7.81. The van der Waals surface area contributed by atoms with Gasteiger partial charge in [0.05, 0.1) is 5.69 Å². The van der Waals surface area contributed by atoms with E-state index in [0.717, 1.165) is 17.7 Å². The van der Waals surface area contributed by atoms with Gasteiger partial charge in [-0.1, -0.05) is 6.07 Å². The normalized spacial score (nSPS) is 13.7. The third kappa shape index (κ3) is 4.56. The lowest BCUT2D eigenvalue weighted by molar-refractivity contribution is 0.0746. The summed E-state index contributed by atoms with van der Waals surface area (Å²) >= 11 is 0. The van der Waals surface area contributed by atoms with E-state index in [1.165, 1.54) is 6.07 Å². The molecular weight excluding hydrogens is 383 g/mol. The lowest BCUT2D eigenvalue weighted by Crippen LogP contribution is -2.49. The van der Waals surface area contributed by atoms with Gasteiger partial charge in [0.15, 0.2) is 0 Å². The summed E-state index contributed by atoms with van der Waals surface area (Å²) in [5, 5.41) is 0. The van der Waals surface area contributed by atoms with E-state index >= 15 is 0 Å². The molecule has 0 bridgehead atoms. The fourth-order valence-corrected chi connectivity index (χ4v) is 2.92. The van der Waals surface area contributed by atoms with Crippen molar-refractivity contribution in [3.8, 4) is 0 Å². The number of rotatable bonds is 2. The molecule has 1 fully saturated rings. The molecule has 0 saturated carbocycles. The molecule has 142 valence electrons. The quantitative estimate of drug-likeness (QED) is 0.778. The number of carbonyl (C=O) groups is 1. The Morgan fingerprint density at radius 2 is 1.65 bits per heavy atom. The standard InChI is InChI=1S/C18H19F2N3O.2ClH/c1-12-2-4-14(21)11-15(12)18(24)23-8-6-22(7-9-23)17-10-13(19)3-5-16(17)20;;/h2-5,10-11H,6-9,21H2,1H3;2*1H. The third-order valence-corrected chi connectivity index (χ3v) is 4.31. The van der Waals surface area contributed by atoms with Gasteiger partial charge < -0.3 is 15.5 Å². The fourth-order valence-electron chi connectivity index (χ4n) is 2.92. The molecule has 0 unspecified atom stereocenters. The van der Waals surface area contributed by atoms with Gasteiger partial charge in [-0.05, 0) is 36.8 Å². The molecule has 0 spiro atoms. The summed E-state index contributed by atoms with van der Waals surface area (Å²) in [4.78, 5) is 16.1. The Balaban J connectivity index is 0.00000169. The van der Waals surface area contributed by atoms with Gasteiger partial charge in [-0.3, -0.25) is 4.79 Å². The number of nitrogens with two attached hydrogens (primary N) is 1. The highest BCUT2D eigenvalue weighted by Crippen LogP contribution is 2.23. The summed E-state index contributed by atoms with van der Waals surface area (Å²) in [7, 11) is 0. The Kier molecular flexibility index (Phi) is 7.66. The van der Waals surface area contributed by atoms with Crippen LogP contribution in [0.3, 0.4) is 0 Å². The monoisotopic (exact) mass is 403 g/mol. The van der Waals surface area contributed by atoms with Crippen LogP contribution in [0.5, 0.6) is 0 Å². The minimum atomic E-state index is -0.472. The van der Waals surface area contributed by atoms with Gasteiger partial charge >= 0.3 is 0 Å². The summed E-state index contributed by atoms with van der Waals surface area (Å²) in [5.74, 6) is -1.01.